The fourth-order valence-corrected chi connectivity index (χ4v) is 2.30. The molecule has 1 aromatic heterocycles. The van der Waals surface area contributed by atoms with E-state index in [9.17, 15) is 0 Å². The van der Waals surface area contributed by atoms with Crippen LogP contribution in [-0.2, 0) is 0 Å². The fourth-order valence-electron chi connectivity index (χ4n) is 2.30. The molecule has 2 heterocycles. The van der Waals surface area contributed by atoms with Crippen molar-refractivity contribution in [2.45, 2.75) is 38.6 Å². The molecule has 0 amide bonds. The lowest BCUT2D eigenvalue weighted by Gasteiger charge is -2.18. The third-order valence-corrected chi connectivity index (χ3v) is 3.66. The lowest BCUT2D eigenvalue weighted by Crippen LogP contribution is -2.29. The zero-order valence-corrected chi connectivity index (χ0v) is 12.3. The van der Waals surface area contributed by atoms with Gasteiger partial charge in [-0.3, -0.25) is 9.98 Å². The molecule has 1 saturated heterocycles. The highest BCUT2D eigenvalue weighted by Gasteiger charge is 2.11. The number of pyridine rings is 1. The van der Waals surface area contributed by atoms with Crippen molar-refractivity contribution in [3.8, 4) is 0 Å². The van der Waals surface area contributed by atoms with Crippen LogP contribution in [0.2, 0.25) is 0 Å². The second-order valence-electron chi connectivity index (χ2n) is 5.51. The zero-order valence-electron chi connectivity index (χ0n) is 12.3. The predicted molar refractivity (Wildman–Crippen MR) is 84.9 cm³/mol. The first kappa shape index (κ1) is 14.7. The van der Waals surface area contributed by atoms with Crippen molar-refractivity contribution in [1.82, 2.24) is 10.3 Å². The normalized spacial score (nSPS) is 18.1. The maximum absolute atomic E-state index is 5.74. The molecule has 0 unspecified atom stereocenters. The topological polar surface area (TPSA) is 63.3 Å². The molecule has 0 bridgehead atoms. The van der Waals surface area contributed by atoms with E-state index in [-0.39, 0.29) is 0 Å². The lowest BCUT2D eigenvalue weighted by atomic mass is 10.0. The predicted octanol–water partition coefficient (Wildman–Crippen LogP) is 2.33. The molecule has 1 aliphatic heterocycles. The van der Waals surface area contributed by atoms with Gasteiger partial charge in [0.05, 0.1) is 11.7 Å². The van der Waals surface area contributed by atoms with Crippen molar-refractivity contribution < 1.29 is 0 Å². The van der Waals surface area contributed by atoms with Crippen LogP contribution >= 0.6 is 0 Å². The van der Waals surface area contributed by atoms with Crippen LogP contribution in [0.15, 0.2) is 29.5 Å². The van der Waals surface area contributed by atoms with Gasteiger partial charge in [0.2, 0.25) is 0 Å². The van der Waals surface area contributed by atoms with Gasteiger partial charge < -0.3 is 11.1 Å². The SMILES string of the molecule is CC(C)c1ccnc(C(C=NC2CCNCC2)=CN)c1. The molecule has 0 radical (unpaired) electrons. The Labute approximate surface area is 121 Å². The van der Waals surface area contributed by atoms with Crippen molar-refractivity contribution in [2.24, 2.45) is 10.7 Å². The number of rotatable bonds is 4. The number of aliphatic imine (C=N–C) groups is 1. The van der Waals surface area contributed by atoms with Gasteiger partial charge >= 0.3 is 0 Å². The molecule has 3 N–H and O–H groups in total. The first-order valence-electron chi connectivity index (χ1n) is 7.33. The fraction of sp³-hybridized carbons (Fsp3) is 0.500. The minimum absolute atomic E-state index is 0.402. The highest BCUT2D eigenvalue weighted by molar-refractivity contribution is 6.08. The average molecular weight is 272 g/mol. The van der Waals surface area contributed by atoms with Gasteiger partial charge in [0.15, 0.2) is 0 Å². The smallest absolute Gasteiger partial charge is 0.0734 e. The number of allylic oxidation sites excluding steroid dienone is 1. The van der Waals surface area contributed by atoms with E-state index in [4.69, 9.17) is 5.73 Å². The molecule has 0 spiro atoms. The van der Waals surface area contributed by atoms with E-state index in [1.165, 1.54) is 5.56 Å². The number of hydrogen-bond acceptors (Lipinski definition) is 4. The second kappa shape index (κ2) is 7.20. The van der Waals surface area contributed by atoms with Crippen LogP contribution in [0.5, 0.6) is 0 Å². The number of nitrogens with one attached hydrogen (secondary N) is 1. The Morgan fingerprint density at radius 3 is 2.85 bits per heavy atom. The summed E-state index contributed by atoms with van der Waals surface area (Å²) in [5.41, 5.74) is 8.80. The maximum atomic E-state index is 5.74. The van der Waals surface area contributed by atoms with Crippen molar-refractivity contribution in [1.29, 1.82) is 0 Å². The molecule has 0 saturated carbocycles. The van der Waals surface area contributed by atoms with Crippen molar-refractivity contribution in [3.63, 3.8) is 0 Å². The van der Waals surface area contributed by atoms with E-state index >= 15 is 0 Å². The van der Waals surface area contributed by atoms with E-state index in [1.54, 1.807) is 6.20 Å². The largest absolute Gasteiger partial charge is 0.404 e. The second-order valence-corrected chi connectivity index (χ2v) is 5.51. The lowest BCUT2D eigenvalue weighted by molar-refractivity contribution is 0.461. The van der Waals surface area contributed by atoms with Crippen LogP contribution in [0.1, 0.15) is 43.9 Å². The van der Waals surface area contributed by atoms with Crippen molar-refractivity contribution in [3.05, 3.63) is 35.8 Å². The number of hydrogen-bond donors (Lipinski definition) is 2. The summed E-state index contributed by atoms with van der Waals surface area (Å²) in [6.07, 6.45) is 7.49. The molecule has 4 heteroatoms. The van der Waals surface area contributed by atoms with Crippen molar-refractivity contribution in [2.75, 3.05) is 13.1 Å². The number of nitrogens with two attached hydrogens (primary N) is 1. The van der Waals surface area contributed by atoms with Crippen molar-refractivity contribution >= 4 is 11.8 Å². The van der Waals surface area contributed by atoms with Gasteiger partial charge in [0.1, 0.15) is 0 Å². The Kier molecular flexibility index (Phi) is 5.30. The number of piperidine rings is 1. The van der Waals surface area contributed by atoms with Gasteiger partial charge in [-0.15, -0.1) is 0 Å². The van der Waals surface area contributed by atoms with E-state index < -0.39 is 0 Å². The third-order valence-electron chi connectivity index (χ3n) is 3.66. The number of nitrogens with zero attached hydrogens (tertiary/aromatic N) is 2. The molecule has 2 rings (SSSR count). The van der Waals surface area contributed by atoms with Crippen LogP contribution in [0.3, 0.4) is 0 Å². The van der Waals surface area contributed by atoms with Crippen LogP contribution in [0.4, 0.5) is 0 Å². The Bertz CT molecular complexity index is 485. The maximum Gasteiger partial charge on any atom is 0.0734 e. The summed E-state index contributed by atoms with van der Waals surface area (Å²) in [4.78, 5) is 9.06. The van der Waals surface area contributed by atoms with Gasteiger partial charge in [-0.05, 0) is 49.5 Å². The molecule has 1 fully saturated rings. The van der Waals surface area contributed by atoms with Crippen LogP contribution in [0.25, 0.3) is 5.57 Å². The summed E-state index contributed by atoms with van der Waals surface area (Å²) in [6, 6.07) is 4.55. The van der Waals surface area contributed by atoms with Crippen LogP contribution < -0.4 is 11.1 Å². The van der Waals surface area contributed by atoms with E-state index in [1.807, 2.05) is 18.5 Å². The molecule has 4 nitrogen and oxygen atoms in total. The molecule has 20 heavy (non-hydrogen) atoms. The van der Waals surface area contributed by atoms with Gasteiger partial charge in [0.25, 0.3) is 0 Å². The first-order chi connectivity index (χ1) is 9.70. The van der Waals surface area contributed by atoms with Gasteiger partial charge in [0, 0.05) is 24.2 Å². The molecular formula is C16H24N4. The molecule has 0 aliphatic carbocycles. The first-order valence-corrected chi connectivity index (χ1v) is 7.33. The Morgan fingerprint density at radius 1 is 1.45 bits per heavy atom. The van der Waals surface area contributed by atoms with Gasteiger partial charge in [-0.25, -0.2) is 0 Å². The summed E-state index contributed by atoms with van der Waals surface area (Å²) >= 11 is 0. The summed E-state index contributed by atoms with van der Waals surface area (Å²) in [7, 11) is 0. The average Bonchev–Trinajstić information content (AvgIpc) is 2.49. The zero-order chi connectivity index (χ0) is 14.4. The Morgan fingerprint density at radius 2 is 2.20 bits per heavy atom. The molecule has 108 valence electrons. The van der Waals surface area contributed by atoms with Gasteiger partial charge in [-0.1, -0.05) is 13.8 Å². The van der Waals surface area contributed by atoms with Crippen LogP contribution in [-0.4, -0.2) is 30.3 Å². The standard InChI is InChI=1S/C16H24N4/c1-12(2)13-3-8-19-16(9-13)14(10-17)11-20-15-4-6-18-7-5-15/h3,8-12,15,18H,4-7,17H2,1-2H3. The van der Waals surface area contributed by atoms with Gasteiger partial charge in [-0.2, -0.15) is 0 Å². The molecule has 1 aromatic rings. The van der Waals surface area contributed by atoms with E-state index in [2.05, 4.69) is 35.2 Å². The highest BCUT2D eigenvalue weighted by atomic mass is 14.9. The molecular weight excluding hydrogens is 248 g/mol. The summed E-state index contributed by atoms with van der Waals surface area (Å²) in [5, 5.41) is 3.34. The summed E-state index contributed by atoms with van der Waals surface area (Å²) in [5.74, 6) is 0.483. The quantitative estimate of drug-likeness (QED) is 0.827. The minimum atomic E-state index is 0.402. The summed E-state index contributed by atoms with van der Waals surface area (Å²) < 4.78 is 0. The van der Waals surface area contributed by atoms with E-state index in [0.29, 0.717) is 12.0 Å². The molecule has 0 aromatic carbocycles. The minimum Gasteiger partial charge on any atom is -0.404 e. The van der Waals surface area contributed by atoms with Crippen LogP contribution in [0, 0.1) is 0 Å². The highest BCUT2D eigenvalue weighted by Crippen LogP contribution is 2.18. The Balaban J connectivity index is 2.11. The summed E-state index contributed by atoms with van der Waals surface area (Å²) in [6.45, 7) is 6.44. The number of aromatic nitrogens is 1. The monoisotopic (exact) mass is 272 g/mol. The van der Waals surface area contributed by atoms with E-state index in [0.717, 1.165) is 37.2 Å². The molecule has 1 aliphatic rings. The Hall–Kier alpha value is -1.68. The third kappa shape index (κ3) is 3.90. The molecule has 0 atom stereocenters.